The molecule has 1 saturated heterocycles. The van der Waals surface area contributed by atoms with Gasteiger partial charge in [-0.25, -0.2) is 12.8 Å². The number of amides is 1. The molecule has 0 aliphatic carbocycles. The lowest BCUT2D eigenvalue weighted by atomic mass is 10.2. The van der Waals surface area contributed by atoms with Gasteiger partial charge in [0, 0.05) is 5.69 Å². The number of hydrogen-bond donors (Lipinski definition) is 2. The number of quaternary nitrogens is 1. The van der Waals surface area contributed by atoms with E-state index in [9.17, 15) is 17.6 Å². The number of halogens is 1. The Balaban J connectivity index is 1.62. The lowest BCUT2D eigenvalue weighted by molar-refractivity contribution is -0.917. The van der Waals surface area contributed by atoms with E-state index in [1.54, 1.807) is 31.2 Å². The summed E-state index contributed by atoms with van der Waals surface area (Å²) in [5.41, 5.74) is 0.996. The summed E-state index contributed by atoms with van der Waals surface area (Å²) in [7, 11) is -3.90. The van der Waals surface area contributed by atoms with Crippen LogP contribution in [0.1, 0.15) is 12.5 Å². The first-order valence-electron chi connectivity index (χ1n) is 9.23. The van der Waals surface area contributed by atoms with Crippen molar-refractivity contribution in [2.75, 3.05) is 31.5 Å². The molecule has 0 unspecified atom stereocenters. The van der Waals surface area contributed by atoms with Crippen LogP contribution in [0.25, 0.3) is 0 Å². The first-order valence-corrected chi connectivity index (χ1v) is 10.7. The molecule has 7 nitrogen and oxygen atoms in total. The van der Waals surface area contributed by atoms with E-state index < -0.39 is 21.9 Å². The Hall–Kier alpha value is -2.80. The van der Waals surface area contributed by atoms with E-state index in [0.717, 1.165) is 11.0 Å². The van der Waals surface area contributed by atoms with Crippen LogP contribution >= 0.6 is 0 Å². The molecule has 1 heterocycles. The molecule has 1 atom stereocenters. The van der Waals surface area contributed by atoms with Gasteiger partial charge in [0.1, 0.15) is 10.7 Å². The van der Waals surface area contributed by atoms with Crippen molar-refractivity contribution in [2.45, 2.75) is 17.9 Å². The Labute approximate surface area is 169 Å². The minimum absolute atomic E-state index is 0.202. The lowest BCUT2D eigenvalue weighted by Gasteiger charge is -2.34. The van der Waals surface area contributed by atoms with Gasteiger partial charge in [0.15, 0.2) is 6.04 Å². The summed E-state index contributed by atoms with van der Waals surface area (Å²) in [6, 6.07) is 13.6. The largest absolute Gasteiger partial charge is 0.323 e. The molecule has 9 heteroatoms. The zero-order valence-electron chi connectivity index (χ0n) is 15.9. The third-order valence-electron chi connectivity index (χ3n) is 5.08. The van der Waals surface area contributed by atoms with E-state index in [1.165, 1.54) is 22.5 Å². The number of rotatable bonds is 5. The Morgan fingerprint density at radius 2 is 1.90 bits per heavy atom. The first-order chi connectivity index (χ1) is 13.8. The molecule has 2 aromatic carbocycles. The van der Waals surface area contributed by atoms with E-state index in [0.29, 0.717) is 24.3 Å². The van der Waals surface area contributed by atoms with Crippen LogP contribution in [0.2, 0.25) is 0 Å². The van der Waals surface area contributed by atoms with Gasteiger partial charge < -0.3 is 10.2 Å². The smallest absolute Gasteiger partial charge is 0.282 e. The van der Waals surface area contributed by atoms with Gasteiger partial charge in [0.25, 0.3) is 5.91 Å². The molecule has 0 saturated carbocycles. The maximum Gasteiger partial charge on any atom is 0.282 e. The molecule has 0 spiro atoms. The number of nitrogens with one attached hydrogen (secondary N) is 2. The fraction of sp³-hybridized carbons (Fsp3) is 0.300. The standard InChI is InChI=1S/C20H21FN4O3S/c1-15(20(26)23-17-6-4-5-16(13-17)14-22)24-9-11-25(12-10-24)29(27,28)19-8-3-2-7-18(19)21/h2-8,13,15H,9-12H2,1H3,(H,23,26)/p+1/t15-/m1/s1. The maximum absolute atomic E-state index is 13.9. The summed E-state index contributed by atoms with van der Waals surface area (Å²) in [4.78, 5) is 13.2. The molecule has 2 aromatic rings. The fourth-order valence-electron chi connectivity index (χ4n) is 3.34. The van der Waals surface area contributed by atoms with Gasteiger partial charge in [-0.05, 0) is 37.3 Å². The third-order valence-corrected chi connectivity index (χ3v) is 7.02. The minimum Gasteiger partial charge on any atom is -0.323 e. The van der Waals surface area contributed by atoms with Crippen LogP contribution in [0.15, 0.2) is 53.4 Å². The Morgan fingerprint density at radius 1 is 1.21 bits per heavy atom. The Morgan fingerprint density at radius 3 is 2.55 bits per heavy atom. The average Bonchev–Trinajstić information content (AvgIpc) is 2.73. The predicted molar refractivity (Wildman–Crippen MR) is 105 cm³/mol. The number of piperazine rings is 1. The highest BCUT2D eigenvalue weighted by molar-refractivity contribution is 7.89. The molecule has 152 valence electrons. The van der Waals surface area contributed by atoms with Crippen LogP contribution in [-0.4, -0.2) is 50.9 Å². The minimum atomic E-state index is -3.90. The number of anilines is 1. The summed E-state index contributed by atoms with van der Waals surface area (Å²) < 4.78 is 40.6. The Bertz CT molecular complexity index is 1040. The van der Waals surface area contributed by atoms with Crippen molar-refractivity contribution in [1.82, 2.24) is 4.31 Å². The van der Waals surface area contributed by atoms with Crippen LogP contribution < -0.4 is 10.2 Å². The van der Waals surface area contributed by atoms with E-state index in [-0.39, 0.29) is 23.9 Å². The molecule has 1 fully saturated rings. The summed E-state index contributed by atoms with van der Waals surface area (Å²) in [5, 5.41) is 11.8. The van der Waals surface area contributed by atoms with E-state index in [4.69, 9.17) is 5.26 Å². The normalized spacial score (nSPS) is 16.7. The van der Waals surface area contributed by atoms with Crippen LogP contribution in [0, 0.1) is 17.1 Å². The van der Waals surface area contributed by atoms with Gasteiger partial charge in [0.2, 0.25) is 10.0 Å². The third kappa shape index (κ3) is 4.62. The van der Waals surface area contributed by atoms with E-state index >= 15 is 0 Å². The fourth-order valence-corrected chi connectivity index (χ4v) is 4.85. The number of sulfonamides is 1. The molecule has 0 bridgehead atoms. The maximum atomic E-state index is 13.9. The van der Waals surface area contributed by atoms with Crippen molar-refractivity contribution in [1.29, 1.82) is 5.26 Å². The van der Waals surface area contributed by atoms with Crippen molar-refractivity contribution in [3.63, 3.8) is 0 Å². The van der Waals surface area contributed by atoms with Crippen molar-refractivity contribution >= 4 is 21.6 Å². The first kappa shape index (κ1) is 20.9. The van der Waals surface area contributed by atoms with Crippen LogP contribution in [0.3, 0.4) is 0 Å². The van der Waals surface area contributed by atoms with Gasteiger partial charge in [-0.15, -0.1) is 0 Å². The number of benzene rings is 2. The summed E-state index contributed by atoms with van der Waals surface area (Å²) in [6.07, 6.45) is 0. The molecule has 3 rings (SSSR count). The molecule has 1 amide bonds. The Kier molecular flexibility index (Phi) is 6.27. The highest BCUT2D eigenvalue weighted by atomic mass is 32.2. The van der Waals surface area contributed by atoms with Gasteiger partial charge in [0.05, 0.1) is 37.8 Å². The van der Waals surface area contributed by atoms with Crippen molar-refractivity contribution in [2.24, 2.45) is 0 Å². The highest BCUT2D eigenvalue weighted by Crippen LogP contribution is 2.18. The number of nitriles is 1. The van der Waals surface area contributed by atoms with Crippen LogP contribution in [0.5, 0.6) is 0 Å². The monoisotopic (exact) mass is 417 g/mol. The summed E-state index contributed by atoms with van der Waals surface area (Å²) in [5.74, 6) is -0.977. The van der Waals surface area contributed by atoms with Gasteiger partial charge in [-0.3, -0.25) is 4.79 Å². The van der Waals surface area contributed by atoms with Crippen LogP contribution in [0.4, 0.5) is 10.1 Å². The number of nitrogens with zero attached hydrogens (tertiary/aromatic N) is 2. The zero-order valence-corrected chi connectivity index (χ0v) is 16.7. The summed E-state index contributed by atoms with van der Waals surface area (Å²) in [6.45, 7) is 3.04. The quantitative estimate of drug-likeness (QED) is 0.746. The van der Waals surface area contributed by atoms with Crippen molar-refractivity contribution in [3.05, 3.63) is 59.9 Å². The topological polar surface area (TPSA) is 94.7 Å². The van der Waals surface area contributed by atoms with Crippen molar-refractivity contribution < 1.29 is 22.5 Å². The second-order valence-electron chi connectivity index (χ2n) is 6.90. The molecular weight excluding hydrogens is 395 g/mol. The molecule has 1 aliphatic rings. The van der Waals surface area contributed by atoms with Gasteiger partial charge >= 0.3 is 0 Å². The van der Waals surface area contributed by atoms with Gasteiger partial charge in [-0.1, -0.05) is 18.2 Å². The van der Waals surface area contributed by atoms with Crippen LogP contribution in [-0.2, 0) is 14.8 Å². The highest BCUT2D eigenvalue weighted by Gasteiger charge is 2.35. The molecular formula is C20H22FN4O3S+. The number of carbonyl (C=O) groups excluding carboxylic acids is 1. The van der Waals surface area contributed by atoms with Crippen molar-refractivity contribution in [3.8, 4) is 6.07 Å². The lowest BCUT2D eigenvalue weighted by Crippen LogP contribution is -3.19. The number of hydrogen-bond acceptors (Lipinski definition) is 4. The van der Waals surface area contributed by atoms with E-state index in [1.807, 2.05) is 6.07 Å². The predicted octanol–water partition coefficient (Wildman–Crippen LogP) is 0.614. The second-order valence-corrected chi connectivity index (χ2v) is 8.80. The molecule has 29 heavy (non-hydrogen) atoms. The average molecular weight is 417 g/mol. The van der Waals surface area contributed by atoms with E-state index in [2.05, 4.69) is 5.32 Å². The van der Waals surface area contributed by atoms with Gasteiger partial charge in [-0.2, -0.15) is 9.57 Å². The molecule has 0 aromatic heterocycles. The number of carbonyl (C=O) groups is 1. The second kappa shape index (κ2) is 8.69. The molecule has 1 aliphatic heterocycles. The molecule has 0 radical (unpaired) electrons. The zero-order chi connectivity index (χ0) is 21.0. The SMILES string of the molecule is C[C@H](C(=O)Nc1cccc(C#N)c1)[NH+]1CCN(S(=O)(=O)c2ccccc2F)CC1. The molecule has 2 N–H and O–H groups in total. The summed E-state index contributed by atoms with van der Waals surface area (Å²) >= 11 is 0.